The molecule has 3 heterocycles. The van der Waals surface area contributed by atoms with Crippen LogP contribution in [0.15, 0.2) is 36.7 Å². The highest BCUT2D eigenvalue weighted by Gasteiger charge is 2.21. The van der Waals surface area contributed by atoms with Crippen molar-refractivity contribution < 1.29 is 13.9 Å². The Balaban J connectivity index is 1.66. The summed E-state index contributed by atoms with van der Waals surface area (Å²) in [6, 6.07) is 7.94. The van der Waals surface area contributed by atoms with Crippen LogP contribution in [0.25, 0.3) is 17.1 Å². The number of ether oxygens (including phenoxy) is 1. The second-order valence-corrected chi connectivity index (χ2v) is 7.52. The van der Waals surface area contributed by atoms with Crippen LogP contribution in [0.3, 0.4) is 0 Å². The average molecular weight is 449 g/mol. The Labute approximate surface area is 190 Å². The van der Waals surface area contributed by atoms with E-state index >= 15 is 0 Å². The van der Waals surface area contributed by atoms with Gasteiger partial charge in [0, 0.05) is 24.2 Å². The predicted molar refractivity (Wildman–Crippen MR) is 121 cm³/mol. The molecule has 0 fully saturated rings. The Morgan fingerprint density at radius 3 is 2.55 bits per heavy atom. The number of nitrogens with zero attached hydrogens (tertiary/aromatic N) is 6. The lowest BCUT2D eigenvalue weighted by Gasteiger charge is -2.09. The standard InChI is InChI=1S/C23H24FN7O2/c1-6-33-23(32)20-14(3)28-31(15(20)4)19-11-18(25-12-26-19)27-22-13(2)21(29-30(22)5)16-7-9-17(24)10-8-16/h7-12H,6H2,1-5H3,(H,25,26,27). The Hall–Kier alpha value is -4.08. The van der Waals surface area contributed by atoms with Crippen LogP contribution in [0, 0.1) is 26.6 Å². The molecule has 4 aromatic rings. The summed E-state index contributed by atoms with van der Waals surface area (Å²) in [4.78, 5) is 20.9. The van der Waals surface area contributed by atoms with Gasteiger partial charge in [0.1, 0.15) is 29.3 Å². The smallest absolute Gasteiger partial charge is 0.341 e. The monoisotopic (exact) mass is 449 g/mol. The fourth-order valence-corrected chi connectivity index (χ4v) is 3.70. The Bertz CT molecular complexity index is 1330. The van der Waals surface area contributed by atoms with E-state index in [0.29, 0.717) is 28.6 Å². The summed E-state index contributed by atoms with van der Waals surface area (Å²) < 4.78 is 21.7. The highest BCUT2D eigenvalue weighted by molar-refractivity contribution is 5.92. The molecule has 0 bridgehead atoms. The van der Waals surface area contributed by atoms with Crippen LogP contribution in [0.1, 0.15) is 34.2 Å². The van der Waals surface area contributed by atoms with Crippen molar-refractivity contribution in [2.75, 3.05) is 11.9 Å². The first kappa shape index (κ1) is 22.1. The third-order valence-corrected chi connectivity index (χ3v) is 5.29. The Morgan fingerprint density at radius 2 is 1.85 bits per heavy atom. The van der Waals surface area contributed by atoms with E-state index in [-0.39, 0.29) is 12.4 Å². The molecule has 4 rings (SSSR count). The normalized spacial score (nSPS) is 11.0. The molecule has 10 heteroatoms. The van der Waals surface area contributed by atoms with Gasteiger partial charge < -0.3 is 10.1 Å². The molecule has 0 atom stereocenters. The molecular formula is C23H24FN7O2. The Kier molecular flexibility index (Phi) is 5.91. The SMILES string of the molecule is CCOC(=O)c1c(C)nn(-c2cc(Nc3c(C)c(-c4ccc(F)cc4)nn3C)ncn2)c1C. The van der Waals surface area contributed by atoms with Gasteiger partial charge in [-0.15, -0.1) is 0 Å². The van der Waals surface area contributed by atoms with Gasteiger partial charge in [0.15, 0.2) is 5.82 Å². The lowest BCUT2D eigenvalue weighted by Crippen LogP contribution is -2.09. The van der Waals surface area contributed by atoms with Gasteiger partial charge in [-0.1, -0.05) is 0 Å². The van der Waals surface area contributed by atoms with Crippen molar-refractivity contribution in [2.24, 2.45) is 7.05 Å². The van der Waals surface area contributed by atoms with Gasteiger partial charge in [0.2, 0.25) is 0 Å². The minimum Gasteiger partial charge on any atom is -0.462 e. The van der Waals surface area contributed by atoms with Gasteiger partial charge in [0.25, 0.3) is 0 Å². The minimum atomic E-state index is -0.412. The van der Waals surface area contributed by atoms with Crippen LogP contribution < -0.4 is 5.32 Å². The molecule has 0 unspecified atom stereocenters. The van der Waals surface area contributed by atoms with Crippen molar-refractivity contribution in [3.05, 3.63) is 65.0 Å². The zero-order valence-corrected chi connectivity index (χ0v) is 19.0. The number of anilines is 2. The van der Waals surface area contributed by atoms with Crippen molar-refractivity contribution in [1.29, 1.82) is 0 Å². The van der Waals surface area contributed by atoms with Gasteiger partial charge in [-0.05, 0) is 52.0 Å². The van der Waals surface area contributed by atoms with E-state index in [1.54, 1.807) is 48.3 Å². The summed E-state index contributed by atoms with van der Waals surface area (Å²) in [6.45, 7) is 7.53. The fourth-order valence-electron chi connectivity index (χ4n) is 3.70. The molecule has 0 aliphatic carbocycles. The van der Waals surface area contributed by atoms with E-state index in [4.69, 9.17) is 4.74 Å². The summed E-state index contributed by atoms with van der Waals surface area (Å²) in [5.74, 6) is 1.06. The number of aryl methyl sites for hydroxylation is 2. The van der Waals surface area contributed by atoms with Crippen LogP contribution in [0.5, 0.6) is 0 Å². The second-order valence-electron chi connectivity index (χ2n) is 7.52. The highest BCUT2D eigenvalue weighted by Crippen LogP contribution is 2.29. The largest absolute Gasteiger partial charge is 0.462 e. The predicted octanol–water partition coefficient (Wildman–Crippen LogP) is 4.05. The number of carbonyl (C=O) groups is 1. The zero-order valence-electron chi connectivity index (χ0n) is 19.0. The van der Waals surface area contributed by atoms with E-state index in [1.165, 1.54) is 18.5 Å². The van der Waals surface area contributed by atoms with E-state index in [2.05, 4.69) is 25.5 Å². The van der Waals surface area contributed by atoms with Crippen molar-refractivity contribution in [3.63, 3.8) is 0 Å². The number of halogens is 1. The van der Waals surface area contributed by atoms with E-state index in [1.807, 2.05) is 14.0 Å². The van der Waals surface area contributed by atoms with Crippen molar-refractivity contribution in [1.82, 2.24) is 29.5 Å². The van der Waals surface area contributed by atoms with Crippen LogP contribution in [0.2, 0.25) is 0 Å². The molecular weight excluding hydrogens is 425 g/mol. The maximum Gasteiger partial charge on any atom is 0.341 e. The molecule has 170 valence electrons. The molecule has 0 aliphatic rings. The molecule has 0 radical (unpaired) electrons. The topological polar surface area (TPSA) is 99.8 Å². The van der Waals surface area contributed by atoms with E-state index in [9.17, 15) is 9.18 Å². The quantitative estimate of drug-likeness (QED) is 0.443. The summed E-state index contributed by atoms with van der Waals surface area (Å²) in [6.07, 6.45) is 1.42. The molecule has 0 saturated heterocycles. The molecule has 3 aromatic heterocycles. The second kappa shape index (κ2) is 8.81. The van der Waals surface area contributed by atoms with Crippen molar-refractivity contribution in [2.45, 2.75) is 27.7 Å². The van der Waals surface area contributed by atoms with Crippen LogP contribution in [0.4, 0.5) is 16.0 Å². The molecule has 0 saturated carbocycles. The van der Waals surface area contributed by atoms with Crippen LogP contribution in [-0.2, 0) is 11.8 Å². The van der Waals surface area contributed by atoms with Crippen LogP contribution in [-0.4, -0.2) is 42.1 Å². The average Bonchev–Trinajstić information content (AvgIpc) is 3.24. The molecule has 0 spiro atoms. The molecule has 9 nitrogen and oxygen atoms in total. The van der Waals surface area contributed by atoms with E-state index < -0.39 is 5.97 Å². The molecule has 33 heavy (non-hydrogen) atoms. The fraction of sp³-hybridized carbons (Fsp3) is 0.261. The first-order chi connectivity index (χ1) is 15.8. The number of hydrogen-bond donors (Lipinski definition) is 1. The zero-order chi connectivity index (χ0) is 23.7. The number of esters is 1. The summed E-state index contributed by atoms with van der Waals surface area (Å²) in [5.41, 5.74) is 4.06. The summed E-state index contributed by atoms with van der Waals surface area (Å²) in [5, 5.41) is 12.3. The summed E-state index contributed by atoms with van der Waals surface area (Å²) in [7, 11) is 1.82. The number of hydrogen-bond acceptors (Lipinski definition) is 7. The molecule has 1 N–H and O–H groups in total. The highest BCUT2D eigenvalue weighted by atomic mass is 19.1. The third-order valence-electron chi connectivity index (χ3n) is 5.29. The number of aromatic nitrogens is 6. The lowest BCUT2D eigenvalue weighted by molar-refractivity contribution is 0.0524. The van der Waals surface area contributed by atoms with Crippen molar-refractivity contribution in [3.8, 4) is 17.1 Å². The van der Waals surface area contributed by atoms with Crippen molar-refractivity contribution >= 4 is 17.6 Å². The minimum absolute atomic E-state index is 0.286. The maximum atomic E-state index is 13.3. The maximum absolute atomic E-state index is 13.3. The summed E-state index contributed by atoms with van der Waals surface area (Å²) >= 11 is 0. The molecule has 0 amide bonds. The van der Waals surface area contributed by atoms with Gasteiger partial charge >= 0.3 is 5.97 Å². The van der Waals surface area contributed by atoms with Gasteiger partial charge in [-0.3, -0.25) is 4.68 Å². The number of carbonyl (C=O) groups excluding carboxylic acids is 1. The van der Waals surface area contributed by atoms with E-state index in [0.717, 1.165) is 22.6 Å². The third kappa shape index (κ3) is 4.19. The van der Waals surface area contributed by atoms with Gasteiger partial charge in [-0.2, -0.15) is 10.2 Å². The lowest BCUT2D eigenvalue weighted by atomic mass is 10.1. The van der Waals surface area contributed by atoms with Crippen LogP contribution >= 0.6 is 0 Å². The number of benzene rings is 1. The molecule has 0 aliphatic heterocycles. The first-order valence-corrected chi connectivity index (χ1v) is 10.4. The molecule has 1 aromatic carbocycles. The Morgan fingerprint density at radius 1 is 1.12 bits per heavy atom. The number of rotatable bonds is 6. The first-order valence-electron chi connectivity index (χ1n) is 10.4. The van der Waals surface area contributed by atoms with Gasteiger partial charge in [-0.25, -0.2) is 23.8 Å². The van der Waals surface area contributed by atoms with Gasteiger partial charge in [0.05, 0.1) is 23.7 Å². The number of nitrogens with one attached hydrogen (secondary N) is 1.